The zero-order chi connectivity index (χ0) is 18.4. The first kappa shape index (κ1) is 17.6. The first-order valence-corrected chi connectivity index (χ1v) is 8.35. The molecule has 1 heterocycles. The molecular weight excluding hydrogens is 348 g/mol. The summed E-state index contributed by atoms with van der Waals surface area (Å²) >= 11 is 6.01. The summed E-state index contributed by atoms with van der Waals surface area (Å²) < 4.78 is 0. The SMILES string of the molecule is C=C(C=O)CNc1cccc(-c2nc(Cl)ncc2Nc2ccccc2)c1. The quantitative estimate of drug-likeness (QED) is 0.361. The third-order valence-electron chi connectivity index (χ3n) is 3.63. The van der Waals surface area contributed by atoms with E-state index in [1.54, 1.807) is 6.20 Å². The molecular formula is C20H17ClN4O. The van der Waals surface area contributed by atoms with Crippen molar-refractivity contribution in [3.63, 3.8) is 0 Å². The smallest absolute Gasteiger partial charge is 0.223 e. The average Bonchev–Trinajstić information content (AvgIpc) is 2.68. The highest BCUT2D eigenvalue weighted by atomic mass is 35.5. The minimum Gasteiger partial charge on any atom is -0.381 e. The van der Waals surface area contributed by atoms with E-state index in [2.05, 4.69) is 27.2 Å². The third-order valence-corrected chi connectivity index (χ3v) is 3.82. The van der Waals surface area contributed by atoms with Crippen LogP contribution in [0.15, 0.2) is 72.9 Å². The normalized spacial score (nSPS) is 10.2. The number of aromatic nitrogens is 2. The van der Waals surface area contributed by atoms with Crippen LogP contribution in [-0.2, 0) is 4.79 Å². The fourth-order valence-corrected chi connectivity index (χ4v) is 2.52. The van der Waals surface area contributed by atoms with Crippen molar-refractivity contribution in [3.8, 4) is 11.3 Å². The molecule has 0 saturated heterocycles. The van der Waals surface area contributed by atoms with Gasteiger partial charge in [0, 0.05) is 29.1 Å². The van der Waals surface area contributed by atoms with Crippen LogP contribution in [0.1, 0.15) is 0 Å². The van der Waals surface area contributed by atoms with E-state index in [4.69, 9.17) is 11.6 Å². The molecule has 5 nitrogen and oxygen atoms in total. The molecule has 0 amide bonds. The van der Waals surface area contributed by atoms with Gasteiger partial charge in [-0.15, -0.1) is 0 Å². The van der Waals surface area contributed by atoms with Gasteiger partial charge in [0.2, 0.25) is 5.28 Å². The maximum Gasteiger partial charge on any atom is 0.223 e. The van der Waals surface area contributed by atoms with Crippen molar-refractivity contribution >= 4 is 34.9 Å². The Morgan fingerprint density at radius 2 is 1.88 bits per heavy atom. The van der Waals surface area contributed by atoms with Gasteiger partial charge in [-0.2, -0.15) is 0 Å². The lowest BCUT2D eigenvalue weighted by Gasteiger charge is -2.13. The number of aldehydes is 1. The molecule has 1 aromatic heterocycles. The summed E-state index contributed by atoms with van der Waals surface area (Å²) in [5, 5.41) is 6.65. The lowest BCUT2D eigenvalue weighted by molar-refractivity contribution is -0.104. The van der Waals surface area contributed by atoms with Crippen LogP contribution in [0.25, 0.3) is 11.3 Å². The van der Waals surface area contributed by atoms with Crippen molar-refractivity contribution in [2.45, 2.75) is 0 Å². The van der Waals surface area contributed by atoms with Gasteiger partial charge in [-0.3, -0.25) is 4.79 Å². The number of carbonyl (C=O) groups is 1. The van der Waals surface area contributed by atoms with Crippen LogP contribution in [0.5, 0.6) is 0 Å². The van der Waals surface area contributed by atoms with E-state index < -0.39 is 0 Å². The van der Waals surface area contributed by atoms with Gasteiger partial charge in [-0.25, -0.2) is 9.97 Å². The summed E-state index contributed by atoms with van der Waals surface area (Å²) in [4.78, 5) is 19.2. The molecule has 0 aliphatic heterocycles. The van der Waals surface area contributed by atoms with Crippen LogP contribution < -0.4 is 10.6 Å². The number of halogens is 1. The number of hydrogen-bond acceptors (Lipinski definition) is 5. The third kappa shape index (κ3) is 4.46. The fraction of sp³-hybridized carbons (Fsp3) is 0.0500. The standard InChI is InChI=1S/C20H17ClN4O/c1-14(13-26)11-22-17-9-5-6-15(10-17)19-18(12-23-20(21)25-19)24-16-7-3-2-4-8-16/h2-10,12-13,22,24H,1,11H2. The summed E-state index contributed by atoms with van der Waals surface area (Å²) in [6.45, 7) is 4.04. The molecule has 2 aromatic carbocycles. The Hall–Kier alpha value is -3.18. The molecule has 0 aliphatic rings. The van der Waals surface area contributed by atoms with Gasteiger partial charge in [-0.05, 0) is 35.9 Å². The Morgan fingerprint density at radius 3 is 2.65 bits per heavy atom. The highest BCUT2D eigenvalue weighted by Gasteiger charge is 2.10. The molecule has 0 unspecified atom stereocenters. The molecule has 26 heavy (non-hydrogen) atoms. The zero-order valence-electron chi connectivity index (χ0n) is 13.9. The fourth-order valence-electron chi connectivity index (χ4n) is 2.38. The van der Waals surface area contributed by atoms with Crippen molar-refractivity contribution in [1.82, 2.24) is 9.97 Å². The van der Waals surface area contributed by atoms with E-state index >= 15 is 0 Å². The minimum atomic E-state index is 0.173. The predicted molar refractivity (Wildman–Crippen MR) is 106 cm³/mol. The second-order valence-corrected chi connectivity index (χ2v) is 5.94. The average molecular weight is 365 g/mol. The topological polar surface area (TPSA) is 66.9 Å². The summed E-state index contributed by atoms with van der Waals surface area (Å²) in [6.07, 6.45) is 2.40. The van der Waals surface area contributed by atoms with E-state index in [-0.39, 0.29) is 5.28 Å². The largest absolute Gasteiger partial charge is 0.381 e. The van der Waals surface area contributed by atoms with Gasteiger partial charge in [0.05, 0.1) is 17.6 Å². The lowest BCUT2D eigenvalue weighted by Crippen LogP contribution is -2.05. The van der Waals surface area contributed by atoms with Crippen LogP contribution in [0.3, 0.4) is 0 Å². The number of para-hydroxylation sites is 1. The summed E-state index contributed by atoms with van der Waals surface area (Å²) in [5.74, 6) is 0. The summed E-state index contributed by atoms with van der Waals surface area (Å²) in [7, 11) is 0. The van der Waals surface area contributed by atoms with Crippen LogP contribution >= 0.6 is 11.6 Å². The first-order chi connectivity index (χ1) is 12.7. The number of carbonyl (C=O) groups excluding carboxylic acids is 1. The van der Waals surface area contributed by atoms with Gasteiger partial charge in [0.1, 0.15) is 6.29 Å². The monoisotopic (exact) mass is 364 g/mol. The molecule has 0 atom stereocenters. The molecule has 6 heteroatoms. The molecule has 2 N–H and O–H groups in total. The maximum atomic E-state index is 10.7. The van der Waals surface area contributed by atoms with E-state index in [9.17, 15) is 4.79 Å². The number of anilines is 3. The molecule has 3 rings (SSSR count). The Kier molecular flexibility index (Phi) is 5.61. The second-order valence-electron chi connectivity index (χ2n) is 5.60. The summed E-state index contributed by atoms with van der Waals surface area (Å²) in [5.41, 5.74) is 4.56. The van der Waals surface area contributed by atoms with Crippen molar-refractivity contribution < 1.29 is 4.79 Å². The molecule has 0 bridgehead atoms. The van der Waals surface area contributed by atoms with Crippen LogP contribution in [0.4, 0.5) is 17.1 Å². The predicted octanol–water partition coefficient (Wildman–Crippen LogP) is 4.71. The zero-order valence-corrected chi connectivity index (χ0v) is 14.7. The molecule has 0 radical (unpaired) electrons. The van der Waals surface area contributed by atoms with E-state index in [0.717, 1.165) is 28.9 Å². The Morgan fingerprint density at radius 1 is 1.12 bits per heavy atom. The van der Waals surface area contributed by atoms with Gasteiger partial charge in [0.15, 0.2) is 0 Å². The molecule has 3 aromatic rings. The van der Waals surface area contributed by atoms with Crippen molar-refractivity contribution in [2.24, 2.45) is 0 Å². The van der Waals surface area contributed by atoms with Gasteiger partial charge >= 0.3 is 0 Å². The highest BCUT2D eigenvalue weighted by molar-refractivity contribution is 6.28. The van der Waals surface area contributed by atoms with E-state index in [1.165, 1.54) is 0 Å². The van der Waals surface area contributed by atoms with Crippen LogP contribution in [0, 0.1) is 0 Å². The van der Waals surface area contributed by atoms with Gasteiger partial charge < -0.3 is 10.6 Å². The van der Waals surface area contributed by atoms with Crippen molar-refractivity contribution in [2.75, 3.05) is 17.2 Å². The Bertz CT molecular complexity index is 928. The highest BCUT2D eigenvalue weighted by Crippen LogP contribution is 2.30. The molecule has 0 saturated carbocycles. The second kappa shape index (κ2) is 8.27. The number of hydrogen-bond donors (Lipinski definition) is 2. The van der Waals surface area contributed by atoms with Crippen LogP contribution in [-0.4, -0.2) is 22.8 Å². The maximum absolute atomic E-state index is 10.7. The van der Waals surface area contributed by atoms with E-state index in [1.807, 2.05) is 54.6 Å². The Labute approximate surface area is 156 Å². The summed E-state index contributed by atoms with van der Waals surface area (Å²) in [6, 6.07) is 17.5. The number of benzene rings is 2. The molecule has 0 fully saturated rings. The number of nitrogens with zero attached hydrogens (tertiary/aromatic N) is 2. The van der Waals surface area contributed by atoms with E-state index in [0.29, 0.717) is 17.8 Å². The first-order valence-electron chi connectivity index (χ1n) is 7.97. The van der Waals surface area contributed by atoms with Crippen LogP contribution in [0.2, 0.25) is 5.28 Å². The molecule has 0 aliphatic carbocycles. The molecule has 130 valence electrons. The lowest BCUT2D eigenvalue weighted by atomic mass is 10.1. The van der Waals surface area contributed by atoms with Crippen molar-refractivity contribution in [1.29, 1.82) is 0 Å². The number of rotatable bonds is 7. The Balaban J connectivity index is 1.92. The number of nitrogens with one attached hydrogen (secondary N) is 2. The van der Waals surface area contributed by atoms with Crippen molar-refractivity contribution in [3.05, 3.63) is 78.2 Å². The molecule has 0 spiro atoms. The van der Waals surface area contributed by atoms with Gasteiger partial charge in [0.25, 0.3) is 0 Å². The van der Waals surface area contributed by atoms with Gasteiger partial charge in [-0.1, -0.05) is 36.9 Å². The minimum absolute atomic E-state index is 0.173.